The second-order valence-electron chi connectivity index (χ2n) is 5.23. The Balaban J connectivity index is 2.03. The summed E-state index contributed by atoms with van der Waals surface area (Å²) in [7, 11) is 1.46. The average molecular weight is 407 g/mol. The maximum Gasteiger partial charge on any atom is 0.254 e. The maximum absolute atomic E-state index is 12.4. The van der Waals surface area contributed by atoms with Gasteiger partial charge in [-0.1, -0.05) is 23.2 Å². The number of anilines is 2. The lowest BCUT2D eigenvalue weighted by Gasteiger charge is -2.15. The minimum atomic E-state index is -2.66. The second-order valence-corrected chi connectivity index (χ2v) is 6.06. The molecule has 9 heteroatoms. The van der Waals surface area contributed by atoms with Crippen LogP contribution in [-0.4, -0.2) is 34.9 Å². The Morgan fingerprint density at radius 2 is 2.04 bits per heavy atom. The molecule has 0 fully saturated rings. The standard InChI is InChI=1S/C18H15Cl2N5O2/c1-21-18(26)12-9-24-15(20)7-14(12)25-17-16(27-2)11(5-6-22-17)13-4-3-10(19)8-23-13/h3-9H,1-2H3,(H,21,26)(H,22,24,25)/i1D3. The number of nitrogens with zero attached hydrogens (tertiary/aromatic N) is 3. The summed E-state index contributed by atoms with van der Waals surface area (Å²) in [4.78, 5) is 24.8. The molecule has 0 saturated heterocycles. The number of ether oxygens (including phenoxy) is 1. The third-order valence-corrected chi connectivity index (χ3v) is 4.02. The van der Waals surface area contributed by atoms with Gasteiger partial charge in [0.2, 0.25) is 0 Å². The van der Waals surface area contributed by atoms with Gasteiger partial charge in [0, 0.05) is 35.2 Å². The molecular formula is C18H15Cl2N5O2. The van der Waals surface area contributed by atoms with Crippen molar-refractivity contribution < 1.29 is 13.6 Å². The molecule has 138 valence electrons. The van der Waals surface area contributed by atoms with Crippen molar-refractivity contribution >= 4 is 40.6 Å². The molecule has 3 rings (SSSR count). The molecule has 0 radical (unpaired) electrons. The summed E-state index contributed by atoms with van der Waals surface area (Å²) < 4.78 is 27.2. The van der Waals surface area contributed by atoms with Gasteiger partial charge < -0.3 is 15.4 Å². The number of amides is 1. The first-order chi connectivity index (χ1) is 14.2. The largest absolute Gasteiger partial charge is 0.492 e. The van der Waals surface area contributed by atoms with E-state index in [1.54, 1.807) is 18.2 Å². The summed E-state index contributed by atoms with van der Waals surface area (Å²) >= 11 is 11.9. The highest BCUT2D eigenvalue weighted by Gasteiger charge is 2.17. The minimum Gasteiger partial charge on any atom is -0.492 e. The Bertz CT molecular complexity index is 1080. The SMILES string of the molecule is [2H]C([2H])([2H])NC(=O)c1cnc(Cl)cc1Nc1nccc(-c2ccc(Cl)cn2)c1OC. The first-order valence-corrected chi connectivity index (χ1v) is 8.33. The fourth-order valence-electron chi connectivity index (χ4n) is 2.39. The molecule has 1 amide bonds. The van der Waals surface area contributed by atoms with Crippen molar-refractivity contribution in [3.8, 4) is 17.0 Å². The minimum absolute atomic E-state index is 0.0330. The number of hydrogen-bond acceptors (Lipinski definition) is 6. The van der Waals surface area contributed by atoms with E-state index in [0.29, 0.717) is 22.0 Å². The molecule has 0 atom stereocenters. The number of aromatic nitrogens is 3. The Morgan fingerprint density at radius 3 is 2.74 bits per heavy atom. The van der Waals surface area contributed by atoms with Gasteiger partial charge in [-0.15, -0.1) is 0 Å². The lowest BCUT2D eigenvalue weighted by atomic mass is 10.1. The van der Waals surface area contributed by atoms with Crippen LogP contribution in [-0.2, 0) is 0 Å². The predicted molar refractivity (Wildman–Crippen MR) is 105 cm³/mol. The quantitative estimate of drug-likeness (QED) is 0.623. The summed E-state index contributed by atoms with van der Waals surface area (Å²) in [6.07, 6.45) is 4.20. The molecule has 0 aliphatic heterocycles. The van der Waals surface area contributed by atoms with Gasteiger partial charge in [-0.25, -0.2) is 9.97 Å². The third-order valence-electron chi connectivity index (χ3n) is 3.59. The molecule has 0 spiro atoms. The molecule has 0 bridgehead atoms. The van der Waals surface area contributed by atoms with E-state index in [1.165, 1.54) is 31.8 Å². The first kappa shape index (κ1) is 15.2. The van der Waals surface area contributed by atoms with Crippen LogP contribution in [0.3, 0.4) is 0 Å². The topological polar surface area (TPSA) is 89.0 Å². The number of halogens is 2. The van der Waals surface area contributed by atoms with Crippen LogP contribution in [0.4, 0.5) is 11.5 Å². The highest BCUT2D eigenvalue weighted by molar-refractivity contribution is 6.30. The van der Waals surface area contributed by atoms with Crippen LogP contribution >= 0.6 is 23.2 Å². The fourth-order valence-corrected chi connectivity index (χ4v) is 2.66. The van der Waals surface area contributed by atoms with Gasteiger partial charge in [0.25, 0.3) is 5.91 Å². The predicted octanol–water partition coefficient (Wildman–Crippen LogP) is 3.96. The molecule has 27 heavy (non-hydrogen) atoms. The molecule has 3 aromatic heterocycles. The molecule has 7 nitrogen and oxygen atoms in total. The first-order valence-electron chi connectivity index (χ1n) is 9.08. The van der Waals surface area contributed by atoms with Gasteiger partial charge in [-0.05, 0) is 24.3 Å². The number of pyridine rings is 3. The Morgan fingerprint density at radius 1 is 1.19 bits per heavy atom. The van der Waals surface area contributed by atoms with Gasteiger partial charge in [-0.3, -0.25) is 9.78 Å². The van der Waals surface area contributed by atoms with E-state index in [-0.39, 0.29) is 22.2 Å². The van der Waals surface area contributed by atoms with Crippen molar-refractivity contribution in [2.45, 2.75) is 0 Å². The van der Waals surface area contributed by atoms with Crippen molar-refractivity contribution in [2.24, 2.45) is 0 Å². The third kappa shape index (κ3) is 4.10. The van der Waals surface area contributed by atoms with Crippen molar-refractivity contribution in [3.63, 3.8) is 0 Å². The van der Waals surface area contributed by atoms with Gasteiger partial charge in [-0.2, -0.15) is 0 Å². The molecule has 3 heterocycles. The zero-order chi connectivity index (χ0) is 21.9. The fraction of sp³-hybridized carbons (Fsp3) is 0.111. The van der Waals surface area contributed by atoms with E-state index >= 15 is 0 Å². The summed E-state index contributed by atoms with van der Waals surface area (Å²) in [6, 6.07) is 6.51. The molecule has 0 saturated carbocycles. The van der Waals surface area contributed by atoms with E-state index in [4.69, 9.17) is 32.1 Å². The van der Waals surface area contributed by atoms with Crippen LogP contribution in [0.1, 0.15) is 14.5 Å². The molecule has 0 aliphatic carbocycles. The lowest BCUT2D eigenvalue weighted by molar-refractivity contribution is 0.0963. The number of hydrogen-bond donors (Lipinski definition) is 2. The zero-order valence-electron chi connectivity index (χ0n) is 17.0. The smallest absolute Gasteiger partial charge is 0.254 e. The monoisotopic (exact) mass is 406 g/mol. The van der Waals surface area contributed by atoms with Crippen LogP contribution < -0.4 is 15.4 Å². The van der Waals surface area contributed by atoms with Crippen molar-refractivity contribution in [3.05, 3.63) is 58.6 Å². The summed E-state index contributed by atoms with van der Waals surface area (Å²) in [6.45, 7) is -2.66. The van der Waals surface area contributed by atoms with Gasteiger partial charge in [0.1, 0.15) is 5.15 Å². The Kier molecular flexibility index (Phi) is 4.61. The van der Waals surface area contributed by atoms with Crippen molar-refractivity contribution in [1.82, 2.24) is 20.3 Å². The number of carbonyl (C=O) groups is 1. The molecule has 0 unspecified atom stereocenters. The van der Waals surface area contributed by atoms with Crippen LogP contribution in [0.2, 0.25) is 10.2 Å². The van der Waals surface area contributed by atoms with Gasteiger partial charge in [0.05, 0.1) is 29.1 Å². The summed E-state index contributed by atoms with van der Waals surface area (Å²) in [5, 5.41) is 5.46. The van der Waals surface area contributed by atoms with Crippen molar-refractivity contribution in [1.29, 1.82) is 0 Å². The van der Waals surface area contributed by atoms with Crippen molar-refractivity contribution in [2.75, 3.05) is 19.4 Å². The van der Waals surface area contributed by atoms with Crippen LogP contribution in [0.15, 0.2) is 42.9 Å². The Labute approximate surface area is 169 Å². The summed E-state index contributed by atoms with van der Waals surface area (Å²) in [5.74, 6) is -0.240. The van der Waals surface area contributed by atoms with Crippen LogP contribution in [0.25, 0.3) is 11.3 Å². The second kappa shape index (κ2) is 8.20. The highest BCUT2D eigenvalue weighted by Crippen LogP contribution is 2.36. The lowest BCUT2D eigenvalue weighted by Crippen LogP contribution is -2.19. The normalized spacial score (nSPS) is 12.5. The molecule has 0 aliphatic rings. The van der Waals surface area contributed by atoms with Crippen LogP contribution in [0.5, 0.6) is 5.75 Å². The molecule has 2 N–H and O–H groups in total. The Hall–Kier alpha value is -2.90. The average Bonchev–Trinajstić information content (AvgIpc) is 2.67. The number of nitrogens with one attached hydrogen (secondary N) is 2. The van der Waals surface area contributed by atoms with E-state index in [0.717, 1.165) is 0 Å². The van der Waals surface area contributed by atoms with Crippen LogP contribution in [0, 0.1) is 0 Å². The van der Waals surface area contributed by atoms with E-state index in [9.17, 15) is 4.79 Å². The van der Waals surface area contributed by atoms with E-state index < -0.39 is 12.9 Å². The van der Waals surface area contributed by atoms with E-state index in [1.807, 2.05) is 5.32 Å². The van der Waals surface area contributed by atoms with Gasteiger partial charge in [0.15, 0.2) is 11.6 Å². The molecular weight excluding hydrogens is 389 g/mol. The number of carbonyl (C=O) groups excluding carboxylic acids is 1. The molecule has 0 aromatic carbocycles. The molecule has 3 aromatic rings. The zero-order valence-corrected chi connectivity index (χ0v) is 15.5. The number of rotatable bonds is 5. The summed E-state index contributed by atoms with van der Waals surface area (Å²) in [5.41, 5.74) is 1.38. The highest BCUT2D eigenvalue weighted by atomic mass is 35.5. The van der Waals surface area contributed by atoms with Gasteiger partial charge >= 0.3 is 0 Å². The maximum atomic E-state index is 12.4. The van der Waals surface area contributed by atoms with E-state index in [2.05, 4.69) is 20.3 Å². The number of methoxy groups -OCH3 is 1.